The molecule has 1 heterocycles. The van der Waals surface area contributed by atoms with Gasteiger partial charge >= 0.3 is 0 Å². The van der Waals surface area contributed by atoms with Crippen molar-refractivity contribution in [2.45, 2.75) is 24.5 Å². The predicted molar refractivity (Wildman–Crippen MR) is 46.3 cm³/mol. The number of thioether (sulfide) groups is 1. The average Bonchev–Trinajstić information content (AvgIpc) is 2.41. The topological polar surface area (TPSA) is 9.23 Å². The van der Waals surface area contributed by atoms with Crippen molar-refractivity contribution in [2.24, 2.45) is 0 Å². The van der Waals surface area contributed by atoms with Crippen LogP contribution in [-0.4, -0.2) is 24.7 Å². The fourth-order valence-electron chi connectivity index (χ4n) is 1.16. The summed E-state index contributed by atoms with van der Waals surface area (Å²) >= 11 is 2.08. The number of hydrogen-bond acceptors (Lipinski definition) is 2. The Balaban J connectivity index is 1.91. The minimum Gasteiger partial charge on any atom is -0.385 e. The van der Waals surface area contributed by atoms with E-state index < -0.39 is 0 Å². The van der Waals surface area contributed by atoms with Crippen LogP contribution < -0.4 is 0 Å². The van der Waals surface area contributed by atoms with Gasteiger partial charge in [-0.3, -0.25) is 0 Å². The molecule has 1 unspecified atom stereocenters. The normalized spacial score (nSPS) is 25.5. The van der Waals surface area contributed by atoms with E-state index in [1.807, 2.05) is 0 Å². The summed E-state index contributed by atoms with van der Waals surface area (Å²) < 4.78 is 4.96. The highest BCUT2D eigenvalue weighted by Gasteiger charge is 2.14. The first-order chi connectivity index (χ1) is 4.93. The van der Waals surface area contributed by atoms with Gasteiger partial charge in [0.2, 0.25) is 0 Å². The molecule has 1 atom stereocenters. The van der Waals surface area contributed by atoms with Gasteiger partial charge in [-0.15, -0.1) is 0 Å². The summed E-state index contributed by atoms with van der Waals surface area (Å²) in [6.07, 6.45) is 6.29. The van der Waals surface area contributed by atoms with Crippen LogP contribution >= 0.6 is 11.8 Å². The highest BCUT2D eigenvalue weighted by molar-refractivity contribution is 8.00. The molecule has 0 aromatic rings. The number of hydrogen-bond donors (Lipinski definition) is 0. The maximum absolute atomic E-state index is 4.96. The van der Waals surface area contributed by atoms with E-state index in [0.717, 1.165) is 18.3 Å². The van der Waals surface area contributed by atoms with Gasteiger partial charge in [-0.05, 0) is 31.4 Å². The summed E-state index contributed by atoms with van der Waals surface area (Å²) in [5.41, 5.74) is 0. The number of methoxy groups -OCH3 is 1. The molecular weight excluding hydrogens is 144 g/mol. The third-order valence-electron chi connectivity index (χ3n) is 1.72. The minimum atomic E-state index is 0.829. The Morgan fingerprint density at radius 2 is 2.60 bits per heavy atom. The van der Waals surface area contributed by atoms with Crippen LogP contribution in [0.4, 0.5) is 0 Å². The first-order valence-corrected chi connectivity index (χ1v) is 4.92. The van der Waals surface area contributed by atoms with Gasteiger partial charge in [0, 0.05) is 19.0 Å². The Kier molecular flexibility index (Phi) is 4.23. The predicted octanol–water partition coefficient (Wildman–Crippen LogP) is 2.12. The smallest absolute Gasteiger partial charge is 0.0465 e. The Labute approximate surface area is 67.5 Å². The first-order valence-electron chi connectivity index (χ1n) is 3.87. The Morgan fingerprint density at radius 1 is 1.70 bits per heavy atom. The monoisotopic (exact) mass is 159 g/mol. The summed E-state index contributed by atoms with van der Waals surface area (Å²) in [4.78, 5) is 0. The van der Waals surface area contributed by atoms with Crippen molar-refractivity contribution in [3.63, 3.8) is 0 Å². The van der Waals surface area contributed by atoms with Crippen LogP contribution in [0.3, 0.4) is 0 Å². The van der Waals surface area contributed by atoms with Crippen LogP contribution in [0.5, 0.6) is 0 Å². The molecule has 0 N–H and O–H groups in total. The van der Waals surface area contributed by atoms with Crippen LogP contribution in [-0.2, 0) is 4.74 Å². The minimum absolute atomic E-state index is 0.829. The van der Waals surface area contributed by atoms with Gasteiger partial charge in [0.1, 0.15) is 0 Å². The van der Waals surface area contributed by atoms with E-state index in [4.69, 9.17) is 4.74 Å². The molecular formula is C8H15OS. The molecule has 0 amide bonds. The molecule has 1 fully saturated rings. The summed E-state index contributed by atoms with van der Waals surface area (Å²) in [5, 5.41) is 0.829. The molecule has 0 aliphatic carbocycles. The van der Waals surface area contributed by atoms with Crippen LogP contribution in [0.1, 0.15) is 19.3 Å². The van der Waals surface area contributed by atoms with E-state index in [1.54, 1.807) is 7.11 Å². The van der Waals surface area contributed by atoms with Gasteiger partial charge in [-0.25, -0.2) is 0 Å². The van der Waals surface area contributed by atoms with Crippen LogP contribution in [0, 0.1) is 6.42 Å². The summed E-state index contributed by atoms with van der Waals surface area (Å²) in [6, 6.07) is 0. The van der Waals surface area contributed by atoms with Crippen molar-refractivity contribution in [1.82, 2.24) is 0 Å². The van der Waals surface area contributed by atoms with Crippen molar-refractivity contribution >= 4 is 11.8 Å². The van der Waals surface area contributed by atoms with Crippen LogP contribution in [0.25, 0.3) is 0 Å². The highest BCUT2D eigenvalue weighted by atomic mass is 32.2. The molecule has 0 aromatic carbocycles. The van der Waals surface area contributed by atoms with E-state index >= 15 is 0 Å². The second-order valence-corrected chi connectivity index (χ2v) is 3.92. The van der Waals surface area contributed by atoms with Crippen molar-refractivity contribution in [3.05, 3.63) is 6.42 Å². The SMILES string of the molecule is COCC[CH]C1CCCS1. The van der Waals surface area contributed by atoms with Gasteiger partial charge in [-0.1, -0.05) is 0 Å². The zero-order chi connectivity index (χ0) is 7.23. The van der Waals surface area contributed by atoms with Crippen molar-refractivity contribution in [1.29, 1.82) is 0 Å². The standard InChI is InChI=1S/C8H15OS/c1-9-6-2-4-8-5-3-7-10-8/h4,8H,2-3,5-7H2,1H3. The molecule has 1 aliphatic rings. The van der Waals surface area contributed by atoms with E-state index in [1.165, 1.54) is 18.6 Å². The second-order valence-electron chi connectivity index (χ2n) is 2.57. The van der Waals surface area contributed by atoms with E-state index in [0.29, 0.717) is 0 Å². The fraction of sp³-hybridized carbons (Fsp3) is 0.875. The van der Waals surface area contributed by atoms with Crippen molar-refractivity contribution < 1.29 is 4.74 Å². The molecule has 0 aromatic heterocycles. The lowest BCUT2D eigenvalue weighted by molar-refractivity contribution is 0.201. The van der Waals surface area contributed by atoms with Gasteiger partial charge in [0.25, 0.3) is 0 Å². The van der Waals surface area contributed by atoms with Crippen LogP contribution in [0.15, 0.2) is 0 Å². The summed E-state index contributed by atoms with van der Waals surface area (Å²) in [5.74, 6) is 1.36. The van der Waals surface area contributed by atoms with Gasteiger partial charge < -0.3 is 4.74 Å². The fourth-order valence-corrected chi connectivity index (χ4v) is 2.40. The molecule has 1 rings (SSSR count). The first kappa shape index (κ1) is 8.41. The van der Waals surface area contributed by atoms with Gasteiger partial charge in [-0.2, -0.15) is 11.8 Å². The molecule has 59 valence electrons. The molecule has 0 bridgehead atoms. The van der Waals surface area contributed by atoms with Crippen molar-refractivity contribution in [3.8, 4) is 0 Å². The van der Waals surface area contributed by atoms with Crippen LogP contribution in [0.2, 0.25) is 0 Å². The van der Waals surface area contributed by atoms with E-state index in [-0.39, 0.29) is 0 Å². The molecule has 1 aliphatic heterocycles. The van der Waals surface area contributed by atoms with Crippen molar-refractivity contribution in [2.75, 3.05) is 19.5 Å². The Hall–Kier alpha value is 0.310. The lowest BCUT2D eigenvalue weighted by Gasteiger charge is -2.05. The van der Waals surface area contributed by atoms with Gasteiger partial charge in [0.15, 0.2) is 0 Å². The van der Waals surface area contributed by atoms with E-state index in [9.17, 15) is 0 Å². The highest BCUT2D eigenvalue weighted by Crippen LogP contribution is 2.28. The molecule has 0 saturated carbocycles. The molecule has 1 radical (unpaired) electrons. The zero-order valence-electron chi connectivity index (χ0n) is 6.51. The Bertz CT molecular complexity index is 79.3. The average molecular weight is 159 g/mol. The molecule has 2 heteroatoms. The molecule has 1 nitrogen and oxygen atoms in total. The largest absolute Gasteiger partial charge is 0.385 e. The summed E-state index contributed by atoms with van der Waals surface area (Å²) in [6.45, 7) is 0.886. The number of rotatable bonds is 4. The van der Waals surface area contributed by atoms with Gasteiger partial charge in [0.05, 0.1) is 0 Å². The molecule has 0 spiro atoms. The molecule has 10 heavy (non-hydrogen) atoms. The lowest BCUT2D eigenvalue weighted by Crippen LogP contribution is -2.00. The third-order valence-corrected chi connectivity index (χ3v) is 3.10. The molecule has 1 saturated heterocycles. The maximum Gasteiger partial charge on any atom is 0.0465 e. The van der Waals surface area contributed by atoms with E-state index in [2.05, 4.69) is 18.2 Å². The second kappa shape index (κ2) is 5.03. The summed E-state index contributed by atoms with van der Waals surface area (Å²) in [7, 11) is 1.76. The number of ether oxygens (including phenoxy) is 1. The third kappa shape index (κ3) is 2.93. The zero-order valence-corrected chi connectivity index (χ0v) is 7.32. The Morgan fingerprint density at radius 3 is 3.20 bits per heavy atom. The maximum atomic E-state index is 4.96. The quantitative estimate of drug-likeness (QED) is 0.581. The lowest BCUT2D eigenvalue weighted by atomic mass is 10.2.